The molecule has 25 heavy (non-hydrogen) atoms. The Morgan fingerprint density at radius 3 is 2.24 bits per heavy atom. The Morgan fingerprint density at radius 2 is 1.68 bits per heavy atom. The van der Waals surface area contributed by atoms with E-state index in [1.807, 2.05) is 4.90 Å². The number of benzene rings is 1. The van der Waals surface area contributed by atoms with Gasteiger partial charge in [0.25, 0.3) is 0 Å². The molecular formula is C17H19F3N4O. The largest absolute Gasteiger partial charge is 0.416 e. The second kappa shape index (κ2) is 7.25. The van der Waals surface area contributed by atoms with Crippen LogP contribution in [0.15, 0.2) is 36.7 Å². The molecule has 5 nitrogen and oxygen atoms in total. The van der Waals surface area contributed by atoms with E-state index < -0.39 is 11.7 Å². The minimum atomic E-state index is -4.33. The molecule has 1 aliphatic rings. The van der Waals surface area contributed by atoms with E-state index in [2.05, 4.69) is 10.2 Å². The lowest BCUT2D eigenvalue weighted by Gasteiger charge is -2.31. The van der Waals surface area contributed by atoms with Crippen LogP contribution in [0, 0.1) is 0 Å². The summed E-state index contributed by atoms with van der Waals surface area (Å²) in [4.78, 5) is 15.8. The van der Waals surface area contributed by atoms with Crippen LogP contribution < -0.4 is 0 Å². The fraction of sp³-hybridized carbons (Fsp3) is 0.471. The highest BCUT2D eigenvalue weighted by Gasteiger charge is 2.30. The molecule has 1 aliphatic heterocycles. The summed E-state index contributed by atoms with van der Waals surface area (Å²) >= 11 is 0. The van der Waals surface area contributed by atoms with Crippen molar-refractivity contribution in [2.75, 3.05) is 13.1 Å². The number of carbonyl (C=O) groups excluding carboxylic acids is 1. The van der Waals surface area contributed by atoms with E-state index in [-0.39, 0.29) is 11.9 Å². The first-order valence-corrected chi connectivity index (χ1v) is 8.23. The monoisotopic (exact) mass is 352 g/mol. The number of alkyl halides is 3. The van der Waals surface area contributed by atoms with E-state index in [9.17, 15) is 18.0 Å². The van der Waals surface area contributed by atoms with Gasteiger partial charge < -0.3 is 4.90 Å². The highest BCUT2D eigenvalue weighted by atomic mass is 19.4. The highest BCUT2D eigenvalue weighted by molar-refractivity contribution is 5.76. The van der Waals surface area contributed by atoms with Crippen LogP contribution in [0.25, 0.3) is 0 Å². The lowest BCUT2D eigenvalue weighted by Crippen LogP contribution is -2.39. The van der Waals surface area contributed by atoms with Gasteiger partial charge in [0, 0.05) is 19.5 Å². The molecule has 0 aliphatic carbocycles. The van der Waals surface area contributed by atoms with Crippen molar-refractivity contribution in [3.05, 3.63) is 47.8 Å². The molecule has 134 valence electrons. The fourth-order valence-electron chi connectivity index (χ4n) is 3.03. The van der Waals surface area contributed by atoms with Gasteiger partial charge in [0.15, 0.2) is 0 Å². The maximum atomic E-state index is 12.5. The normalized spacial score (nSPS) is 16.2. The van der Waals surface area contributed by atoms with Gasteiger partial charge in [0.1, 0.15) is 0 Å². The summed E-state index contributed by atoms with van der Waals surface area (Å²) < 4.78 is 37.6. The molecular weight excluding hydrogens is 333 g/mol. The SMILES string of the molecule is O=C(CCc1ccc(C(F)(F)F)cc1)N1CCC(n2nccn2)CC1. The molecule has 1 amide bonds. The van der Waals surface area contributed by atoms with Gasteiger partial charge in [-0.25, -0.2) is 0 Å². The Morgan fingerprint density at radius 1 is 1.08 bits per heavy atom. The molecule has 2 aromatic rings. The average molecular weight is 352 g/mol. The lowest BCUT2D eigenvalue weighted by molar-refractivity contribution is -0.137. The number of likely N-dealkylation sites (tertiary alicyclic amines) is 1. The topological polar surface area (TPSA) is 51.0 Å². The molecule has 1 aromatic carbocycles. The number of aromatic nitrogens is 3. The molecule has 8 heteroatoms. The Labute approximate surface area is 143 Å². The fourth-order valence-corrected chi connectivity index (χ4v) is 3.03. The number of amides is 1. The number of hydrogen-bond donors (Lipinski definition) is 0. The zero-order chi connectivity index (χ0) is 17.9. The van der Waals surface area contributed by atoms with Crippen LogP contribution in [0.3, 0.4) is 0 Å². The molecule has 0 unspecified atom stereocenters. The van der Waals surface area contributed by atoms with Crippen molar-refractivity contribution in [3.8, 4) is 0 Å². The second-order valence-electron chi connectivity index (χ2n) is 6.16. The first kappa shape index (κ1) is 17.4. The standard InChI is InChI=1S/C17H19F3N4O/c18-17(19,20)14-4-1-13(2-5-14)3-6-16(25)23-11-7-15(8-12-23)24-21-9-10-22-24/h1-2,4-5,9-10,15H,3,6-8,11-12H2. The maximum Gasteiger partial charge on any atom is 0.416 e. The van der Waals surface area contributed by atoms with E-state index in [4.69, 9.17) is 0 Å². The Balaban J connectivity index is 1.47. The van der Waals surface area contributed by atoms with Gasteiger partial charge >= 0.3 is 6.18 Å². The van der Waals surface area contributed by atoms with E-state index in [1.165, 1.54) is 12.1 Å². The summed E-state index contributed by atoms with van der Waals surface area (Å²) in [5.41, 5.74) is 0.0638. The molecule has 3 rings (SSSR count). The summed E-state index contributed by atoms with van der Waals surface area (Å²) in [6.07, 6.45) is 1.31. The number of halogens is 3. The predicted octanol–water partition coefficient (Wildman–Crippen LogP) is 3.09. The molecule has 1 fully saturated rings. The van der Waals surface area contributed by atoms with Crippen LogP contribution in [0.4, 0.5) is 13.2 Å². The van der Waals surface area contributed by atoms with Crippen molar-refractivity contribution in [3.63, 3.8) is 0 Å². The number of hydrogen-bond acceptors (Lipinski definition) is 3. The smallest absolute Gasteiger partial charge is 0.343 e. The molecule has 0 spiro atoms. The summed E-state index contributed by atoms with van der Waals surface area (Å²) in [5, 5.41) is 8.26. The van der Waals surface area contributed by atoms with Gasteiger partial charge in [-0.15, -0.1) is 0 Å². The third-order valence-electron chi connectivity index (χ3n) is 4.49. The van der Waals surface area contributed by atoms with Crippen LogP contribution in [-0.4, -0.2) is 38.9 Å². The molecule has 1 aromatic heterocycles. The third-order valence-corrected chi connectivity index (χ3v) is 4.49. The molecule has 1 saturated heterocycles. The average Bonchev–Trinajstić information content (AvgIpc) is 3.14. The van der Waals surface area contributed by atoms with Gasteiger partial charge in [0.2, 0.25) is 5.91 Å². The quantitative estimate of drug-likeness (QED) is 0.850. The number of rotatable bonds is 4. The van der Waals surface area contributed by atoms with Crippen molar-refractivity contribution in [2.45, 2.75) is 37.9 Å². The minimum absolute atomic E-state index is 0.0340. The molecule has 2 heterocycles. The molecule has 0 saturated carbocycles. The first-order chi connectivity index (χ1) is 11.9. The predicted molar refractivity (Wildman–Crippen MR) is 84.6 cm³/mol. The van der Waals surface area contributed by atoms with Crippen molar-refractivity contribution >= 4 is 5.91 Å². The number of aryl methyl sites for hydroxylation is 1. The zero-order valence-corrected chi connectivity index (χ0v) is 13.6. The lowest BCUT2D eigenvalue weighted by atomic mass is 10.0. The van der Waals surface area contributed by atoms with Gasteiger partial charge in [-0.3, -0.25) is 4.79 Å². The highest BCUT2D eigenvalue weighted by Crippen LogP contribution is 2.29. The van der Waals surface area contributed by atoms with E-state index in [0.29, 0.717) is 25.9 Å². The van der Waals surface area contributed by atoms with Gasteiger partial charge in [-0.2, -0.15) is 28.2 Å². The minimum Gasteiger partial charge on any atom is -0.343 e. The van der Waals surface area contributed by atoms with E-state index >= 15 is 0 Å². The van der Waals surface area contributed by atoms with E-state index in [1.54, 1.807) is 17.2 Å². The Kier molecular flexibility index (Phi) is 5.06. The third kappa shape index (κ3) is 4.37. The Hall–Kier alpha value is -2.38. The molecule has 0 atom stereocenters. The second-order valence-corrected chi connectivity index (χ2v) is 6.16. The maximum absolute atomic E-state index is 12.5. The summed E-state index contributed by atoms with van der Waals surface area (Å²) in [7, 11) is 0. The number of carbonyl (C=O) groups is 1. The van der Waals surface area contributed by atoms with Crippen molar-refractivity contribution in [1.29, 1.82) is 0 Å². The molecule has 0 bridgehead atoms. The van der Waals surface area contributed by atoms with Crippen molar-refractivity contribution < 1.29 is 18.0 Å². The van der Waals surface area contributed by atoms with Crippen molar-refractivity contribution in [2.24, 2.45) is 0 Å². The first-order valence-electron chi connectivity index (χ1n) is 8.23. The Bertz CT molecular complexity index is 690. The summed E-state index contributed by atoms with van der Waals surface area (Å²) in [6.45, 7) is 1.30. The van der Waals surface area contributed by atoms with Crippen LogP contribution in [-0.2, 0) is 17.4 Å². The van der Waals surface area contributed by atoms with Crippen LogP contribution in [0.1, 0.15) is 36.4 Å². The zero-order valence-electron chi connectivity index (χ0n) is 13.6. The van der Waals surface area contributed by atoms with Crippen molar-refractivity contribution in [1.82, 2.24) is 19.9 Å². The van der Waals surface area contributed by atoms with Gasteiger partial charge in [0.05, 0.1) is 24.0 Å². The molecule has 0 N–H and O–H groups in total. The van der Waals surface area contributed by atoms with Crippen LogP contribution in [0.5, 0.6) is 0 Å². The van der Waals surface area contributed by atoms with Crippen LogP contribution >= 0.6 is 0 Å². The summed E-state index contributed by atoms with van der Waals surface area (Å²) in [6, 6.07) is 5.20. The van der Waals surface area contributed by atoms with E-state index in [0.717, 1.165) is 30.5 Å². The van der Waals surface area contributed by atoms with Crippen LogP contribution in [0.2, 0.25) is 0 Å². The molecule has 0 radical (unpaired) electrons. The number of nitrogens with zero attached hydrogens (tertiary/aromatic N) is 4. The van der Waals surface area contributed by atoms with Gasteiger partial charge in [-0.05, 0) is 37.0 Å². The number of piperidine rings is 1. The summed E-state index contributed by atoms with van der Waals surface area (Å²) in [5.74, 6) is 0.0340. The van der Waals surface area contributed by atoms with Gasteiger partial charge in [-0.1, -0.05) is 12.1 Å².